The van der Waals surface area contributed by atoms with Gasteiger partial charge in [0.2, 0.25) is 11.8 Å². The number of likely N-dealkylation sites (tertiary alicyclic amines) is 1. The maximum Gasteiger partial charge on any atom is 0.221 e. The second-order valence-electron chi connectivity index (χ2n) is 12.8. The van der Waals surface area contributed by atoms with E-state index in [1.54, 1.807) is 6.07 Å². The second kappa shape index (κ2) is 11.0. The van der Waals surface area contributed by atoms with Crippen LogP contribution in [0.1, 0.15) is 67.0 Å². The number of nitriles is 1. The molecule has 2 aromatic heterocycles. The Morgan fingerprint density at radius 2 is 2.02 bits per heavy atom. The van der Waals surface area contributed by atoms with Crippen molar-refractivity contribution < 1.29 is 24.2 Å². The molecule has 44 heavy (non-hydrogen) atoms. The Kier molecular flexibility index (Phi) is 7.24. The molecule has 232 valence electrons. The number of likely N-dealkylation sites (N-methyl/N-ethyl adjacent to an activating group) is 1. The minimum atomic E-state index is -0.957. The molecule has 0 radical (unpaired) electrons. The molecule has 2 aliphatic heterocycles. The summed E-state index contributed by atoms with van der Waals surface area (Å²) >= 11 is 0. The maximum atomic E-state index is 10.1. The number of ether oxygens (including phenoxy) is 2. The second-order valence-corrected chi connectivity index (χ2v) is 12.8. The van der Waals surface area contributed by atoms with Gasteiger partial charge in [-0.3, -0.25) is 4.90 Å². The van der Waals surface area contributed by atoms with Crippen molar-refractivity contribution in [1.29, 1.82) is 5.26 Å². The molecule has 3 unspecified atom stereocenters. The van der Waals surface area contributed by atoms with Crippen molar-refractivity contribution in [2.24, 2.45) is 0 Å². The molecule has 12 heteroatoms. The summed E-state index contributed by atoms with van der Waals surface area (Å²) in [6, 6.07) is 8.11. The molecule has 12 nitrogen and oxygen atoms in total. The van der Waals surface area contributed by atoms with Gasteiger partial charge in [-0.1, -0.05) is 11.2 Å². The van der Waals surface area contributed by atoms with E-state index in [9.17, 15) is 15.5 Å². The molecule has 2 fully saturated rings. The lowest BCUT2D eigenvalue weighted by Gasteiger charge is -2.47. The largest absolute Gasteiger partial charge is 0.473 e. The molecule has 4 atom stereocenters. The van der Waals surface area contributed by atoms with Gasteiger partial charge in [-0.05, 0) is 82.7 Å². The van der Waals surface area contributed by atoms with Crippen molar-refractivity contribution in [3.8, 4) is 29.3 Å². The predicted octanol–water partition coefficient (Wildman–Crippen LogP) is 2.09. The van der Waals surface area contributed by atoms with Crippen LogP contribution in [0.3, 0.4) is 0 Å². The first-order valence-corrected chi connectivity index (χ1v) is 15.5. The fraction of sp³-hybridized carbons (Fsp3) is 0.562. The highest BCUT2D eigenvalue weighted by molar-refractivity contribution is 5.68. The van der Waals surface area contributed by atoms with E-state index in [2.05, 4.69) is 28.5 Å². The standard InChI is InChI=1S/C32H39N7O5/c1-18(23-6-4-12-39(23)2)42-25-13-26(43-24-15-35-32(24,16-40)17-41)37-30(36-25)28-20-5-3-10-31(29(20)44-38-28)11-9-19-7-8-22(34)21(14-33)27(19)31/h7-8,13,18,23-24,35,40-41H,3-6,9-12,15-17,34H2,1-2H3/t18-,23?,24?,31?/m0/s1. The molecule has 1 aromatic carbocycles. The van der Waals surface area contributed by atoms with Crippen LogP contribution in [0.2, 0.25) is 0 Å². The van der Waals surface area contributed by atoms with E-state index in [4.69, 9.17) is 29.7 Å². The van der Waals surface area contributed by atoms with Crippen LogP contribution in [0.15, 0.2) is 22.7 Å². The number of rotatable bonds is 8. The van der Waals surface area contributed by atoms with E-state index in [1.807, 2.05) is 19.1 Å². The SMILES string of the molecule is C[C@H](Oc1cc(OC2CNC2(CO)CO)nc(-c2noc3c2CCCC32CCc3ccc(N)c(C#N)c32)n1)C1CCCN1C. The van der Waals surface area contributed by atoms with Crippen LogP contribution >= 0.6 is 0 Å². The molecular formula is C32H39N7O5. The fourth-order valence-corrected chi connectivity index (χ4v) is 7.83. The Hall–Kier alpha value is -3.76. The van der Waals surface area contributed by atoms with Gasteiger partial charge in [-0.2, -0.15) is 15.2 Å². The van der Waals surface area contributed by atoms with Crippen LogP contribution in [-0.4, -0.2) is 87.4 Å². The van der Waals surface area contributed by atoms with Crippen LogP contribution in [0.5, 0.6) is 11.8 Å². The average molecular weight is 602 g/mol. The van der Waals surface area contributed by atoms with Crippen molar-refractivity contribution >= 4 is 5.69 Å². The van der Waals surface area contributed by atoms with Crippen molar-refractivity contribution in [2.75, 3.05) is 39.1 Å². The van der Waals surface area contributed by atoms with Crippen LogP contribution in [0.25, 0.3) is 11.5 Å². The Labute approximate surface area is 256 Å². The number of hydrogen-bond donors (Lipinski definition) is 4. The number of nitrogens with zero attached hydrogens (tertiary/aromatic N) is 5. The number of nitrogens with two attached hydrogens (primary N) is 1. The minimum Gasteiger partial charge on any atom is -0.473 e. The summed E-state index contributed by atoms with van der Waals surface area (Å²) < 4.78 is 18.8. The van der Waals surface area contributed by atoms with Crippen molar-refractivity contribution in [1.82, 2.24) is 25.3 Å². The predicted molar refractivity (Wildman–Crippen MR) is 160 cm³/mol. The molecule has 1 spiro atoms. The first-order valence-electron chi connectivity index (χ1n) is 15.5. The molecule has 4 aliphatic rings. The molecule has 5 N–H and O–H groups in total. The van der Waals surface area contributed by atoms with Crippen LogP contribution in [-0.2, 0) is 18.3 Å². The highest BCUT2D eigenvalue weighted by Gasteiger charge is 2.50. The normalized spacial score (nSPS) is 26.1. The maximum absolute atomic E-state index is 10.1. The van der Waals surface area contributed by atoms with Gasteiger partial charge >= 0.3 is 0 Å². The highest BCUT2D eigenvalue weighted by Crippen LogP contribution is 2.54. The molecule has 2 aliphatic carbocycles. The molecule has 4 heterocycles. The van der Waals surface area contributed by atoms with E-state index >= 15 is 0 Å². The summed E-state index contributed by atoms with van der Waals surface area (Å²) in [7, 11) is 2.11. The van der Waals surface area contributed by atoms with Gasteiger partial charge in [0.25, 0.3) is 0 Å². The minimum absolute atomic E-state index is 0.128. The summed E-state index contributed by atoms with van der Waals surface area (Å²) in [5, 5.41) is 37.6. The first kappa shape index (κ1) is 29.0. The lowest BCUT2D eigenvalue weighted by molar-refractivity contribution is -0.0607. The zero-order valence-corrected chi connectivity index (χ0v) is 25.2. The van der Waals surface area contributed by atoms with Gasteiger partial charge in [-0.15, -0.1) is 0 Å². The third kappa shape index (κ3) is 4.44. The number of aliphatic hydroxyl groups excluding tert-OH is 2. The Morgan fingerprint density at radius 3 is 2.73 bits per heavy atom. The Morgan fingerprint density at radius 1 is 1.20 bits per heavy atom. The topological polar surface area (TPSA) is 176 Å². The monoisotopic (exact) mass is 601 g/mol. The van der Waals surface area contributed by atoms with Gasteiger partial charge in [0.15, 0.2) is 17.3 Å². The lowest BCUT2D eigenvalue weighted by Crippen LogP contribution is -2.74. The summed E-state index contributed by atoms with van der Waals surface area (Å²) in [5.74, 6) is 1.70. The number of nitrogens with one attached hydrogen (secondary N) is 1. The number of nitrogen functional groups attached to an aromatic ring is 1. The molecule has 3 aromatic rings. The summed E-state index contributed by atoms with van der Waals surface area (Å²) in [6.07, 6.45) is 5.63. The van der Waals surface area contributed by atoms with Gasteiger partial charge in [-0.25, -0.2) is 0 Å². The Balaban J connectivity index is 1.29. The van der Waals surface area contributed by atoms with E-state index in [1.165, 1.54) is 0 Å². The smallest absolute Gasteiger partial charge is 0.221 e. The first-order chi connectivity index (χ1) is 21.3. The molecule has 7 rings (SSSR count). The van der Waals surface area contributed by atoms with Gasteiger partial charge in [0.1, 0.15) is 23.8 Å². The zero-order valence-electron chi connectivity index (χ0n) is 25.2. The van der Waals surface area contributed by atoms with Crippen LogP contribution in [0.4, 0.5) is 5.69 Å². The molecule has 0 bridgehead atoms. The summed E-state index contributed by atoms with van der Waals surface area (Å²) in [5.41, 5.74) is 9.37. The van der Waals surface area contributed by atoms with Crippen LogP contribution in [0, 0.1) is 11.3 Å². The van der Waals surface area contributed by atoms with E-state index < -0.39 is 17.1 Å². The quantitative estimate of drug-likeness (QED) is 0.277. The molecule has 0 amide bonds. The fourth-order valence-electron chi connectivity index (χ4n) is 7.83. The average Bonchev–Trinajstić information content (AvgIpc) is 3.74. The number of aryl methyl sites for hydroxylation is 1. The van der Waals surface area contributed by atoms with Gasteiger partial charge in [0, 0.05) is 23.8 Å². The summed E-state index contributed by atoms with van der Waals surface area (Å²) in [6.45, 7) is 2.96. The highest BCUT2D eigenvalue weighted by atomic mass is 16.5. The number of hydrogen-bond acceptors (Lipinski definition) is 12. The Bertz CT molecular complexity index is 1610. The number of aromatic nitrogens is 3. The van der Waals surface area contributed by atoms with Crippen LogP contribution < -0.4 is 20.5 Å². The van der Waals surface area contributed by atoms with Gasteiger partial charge in [0.05, 0.1) is 30.3 Å². The third-order valence-corrected chi connectivity index (χ3v) is 10.4. The molecular weight excluding hydrogens is 562 g/mol. The number of anilines is 1. The van der Waals surface area contributed by atoms with Crippen molar-refractivity contribution in [3.63, 3.8) is 0 Å². The zero-order chi connectivity index (χ0) is 30.6. The number of fused-ring (bicyclic) bond motifs is 4. The summed E-state index contributed by atoms with van der Waals surface area (Å²) in [4.78, 5) is 11.9. The third-order valence-electron chi connectivity index (χ3n) is 10.4. The number of benzene rings is 1. The van der Waals surface area contributed by atoms with Crippen molar-refractivity contribution in [2.45, 2.75) is 81.1 Å². The lowest BCUT2D eigenvalue weighted by atomic mass is 9.68. The molecule has 2 saturated heterocycles. The van der Waals surface area contributed by atoms with E-state index in [-0.39, 0.29) is 31.2 Å². The van der Waals surface area contributed by atoms with Crippen molar-refractivity contribution in [3.05, 3.63) is 46.2 Å². The number of aliphatic hydroxyl groups is 2. The van der Waals surface area contributed by atoms with Gasteiger partial charge < -0.3 is 35.3 Å². The molecule has 0 saturated carbocycles. The van der Waals surface area contributed by atoms with E-state index in [0.717, 1.165) is 73.9 Å². The van der Waals surface area contributed by atoms with E-state index in [0.29, 0.717) is 35.2 Å².